The summed E-state index contributed by atoms with van der Waals surface area (Å²) >= 11 is 0. The number of methoxy groups -OCH3 is 1. The minimum Gasteiger partial charge on any atom is -0.497 e. The van der Waals surface area contributed by atoms with Crippen molar-refractivity contribution in [2.24, 2.45) is 5.92 Å². The number of rotatable bonds is 8. The molecule has 1 fully saturated rings. The maximum absolute atomic E-state index is 12.2. The van der Waals surface area contributed by atoms with E-state index < -0.39 is 0 Å². The largest absolute Gasteiger partial charge is 0.497 e. The lowest BCUT2D eigenvalue weighted by Gasteiger charge is -2.31. The van der Waals surface area contributed by atoms with E-state index in [0.717, 1.165) is 31.3 Å². The molecule has 1 heterocycles. The molecule has 1 N–H and O–H groups in total. The zero-order chi connectivity index (χ0) is 19.8. The third-order valence-electron chi connectivity index (χ3n) is 5.16. The molecule has 0 spiro atoms. The molecule has 0 aromatic heterocycles. The second-order valence-corrected chi connectivity index (χ2v) is 7.49. The Morgan fingerprint density at radius 1 is 1.11 bits per heavy atom. The highest BCUT2D eigenvalue weighted by molar-refractivity contribution is 5.77. The smallest absolute Gasteiger partial charge is 0.258 e. The van der Waals surface area contributed by atoms with Crippen LogP contribution < -0.4 is 14.8 Å². The molecule has 3 rings (SSSR count). The molecule has 0 aliphatic carbocycles. The molecule has 1 amide bonds. The van der Waals surface area contributed by atoms with Crippen LogP contribution in [0, 0.1) is 5.92 Å². The van der Waals surface area contributed by atoms with Crippen LogP contribution in [0.3, 0.4) is 0 Å². The molecule has 2 aromatic carbocycles. The molecule has 0 bridgehead atoms. The zero-order valence-corrected chi connectivity index (χ0v) is 16.8. The molecule has 5 heteroatoms. The van der Waals surface area contributed by atoms with E-state index >= 15 is 0 Å². The maximum atomic E-state index is 12.2. The van der Waals surface area contributed by atoms with Crippen molar-refractivity contribution in [2.75, 3.05) is 26.8 Å². The van der Waals surface area contributed by atoms with Crippen molar-refractivity contribution in [1.29, 1.82) is 0 Å². The minimum atomic E-state index is -0.128. The Balaban J connectivity index is 1.48. The van der Waals surface area contributed by atoms with Crippen molar-refractivity contribution >= 4 is 5.91 Å². The van der Waals surface area contributed by atoms with Gasteiger partial charge in [0.15, 0.2) is 6.61 Å². The fourth-order valence-electron chi connectivity index (χ4n) is 3.62. The molecule has 28 heavy (non-hydrogen) atoms. The van der Waals surface area contributed by atoms with Crippen LogP contribution >= 0.6 is 0 Å². The van der Waals surface area contributed by atoms with Gasteiger partial charge in [-0.25, -0.2) is 0 Å². The van der Waals surface area contributed by atoms with Crippen molar-refractivity contribution in [3.8, 4) is 11.5 Å². The van der Waals surface area contributed by atoms with E-state index in [1.165, 1.54) is 24.0 Å². The van der Waals surface area contributed by atoms with Crippen LogP contribution in [-0.2, 0) is 17.9 Å². The summed E-state index contributed by atoms with van der Waals surface area (Å²) < 4.78 is 10.7. The first-order valence-electron chi connectivity index (χ1n) is 9.96. The molecule has 1 aliphatic heterocycles. The summed E-state index contributed by atoms with van der Waals surface area (Å²) in [6.07, 6.45) is 2.59. The number of amides is 1. The molecule has 0 saturated carbocycles. The molecule has 1 atom stereocenters. The molecule has 1 aliphatic rings. The van der Waals surface area contributed by atoms with E-state index in [-0.39, 0.29) is 12.5 Å². The summed E-state index contributed by atoms with van der Waals surface area (Å²) in [7, 11) is 1.62. The highest BCUT2D eigenvalue weighted by Crippen LogP contribution is 2.20. The average Bonchev–Trinajstić information content (AvgIpc) is 2.72. The van der Waals surface area contributed by atoms with Crippen LogP contribution in [0.15, 0.2) is 48.5 Å². The van der Waals surface area contributed by atoms with Crippen LogP contribution in [-0.4, -0.2) is 37.6 Å². The van der Waals surface area contributed by atoms with E-state index in [1.54, 1.807) is 19.2 Å². The fraction of sp³-hybridized carbons (Fsp3) is 0.435. The van der Waals surface area contributed by atoms with E-state index in [4.69, 9.17) is 9.47 Å². The number of nitrogens with one attached hydrogen (secondary N) is 1. The van der Waals surface area contributed by atoms with Crippen LogP contribution in [0.5, 0.6) is 11.5 Å². The quantitative estimate of drug-likeness (QED) is 0.758. The minimum absolute atomic E-state index is 0.00185. The third-order valence-corrected chi connectivity index (χ3v) is 5.16. The zero-order valence-electron chi connectivity index (χ0n) is 16.8. The Morgan fingerprint density at radius 2 is 1.82 bits per heavy atom. The maximum Gasteiger partial charge on any atom is 0.258 e. The van der Waals surface area contributed by atoms with E-state index in [0.29, 0.717) is 12.3 Å². The monoisotopic (exact) mass is 382 g/mol. The van der Waals surface area contributed by atoms with Crippen LogP contribution in [0.1, 0.15) is 30.9 Å². The Morgan fingerprint density at radius 3 is 2.54 bits per heavy atom. The number of hydrogen-bond donors (Lipinski definition) is 1. The summed E-state index contributed by atoms with van der Waals surface area (Å²) in [5, 5.41) is 2.97. The number of carbonyl (C=O) groups is 1. The van der Waals surface area contributed by atoms with E-state index in [9.17, 15) is 4.79 Å². The van der Waals surface area contributed by atoms with Crippen molar-refractivity contribution in [2.45, 2.75) is 32.9 Å². The van der Waals surface area contributed by atoms with E-state index in [2.05, 4.69) is 35.3 Å². The molecule has 1 saturated heterocycles. The first-order valence-corrected chi connectivity index (χ1v) is 9.96. The van der Waals surface area contributed by atoms with Gasteiger partial charge in [-0.3, -0.25) is 9.69 Å². The summed E-state index contributed by atoms with van der Waals surface area (Å²) in [6.45, 7) is 6.08. The Labute approximate surface area is 167 Å². The molecule has 5 nitrogen and oxygen atoms in total. The number of likely N-dealkylation sites (tertiary alicyclic amines) is 1. The molecular weight excluding hydrogens is 352 g/mol. The van der Waals surface area contributed by atoms with Gasteiger partial charge in [-0.1, -0.05) is 31.2 Å². The molecule has 150 valence electrons. The van der Waals surface area contributed by atoms with Gasteiger partial charge in [0.2, 0.25) is 0 Å². The molecular formula is C23H30N2O3. The van der Waals surface area contributed by atoms with Gasteiger partial charge in [-0.15, -0.1) is 0 Å². The van der Waals surface area contributed by atoms with Gasteiger partial charge in [0.05, 0.1) is 7.11 Å². The number of piperidine rings is 1. The number of nitrogens with zero attached hydrogens (tertiary/aromatic N) is 1. The van der Waals surface area contributed by atoms with Crippen molar-refractivity contribution < 1.29 is 14.3 Å². The van der Waals surface area contributed by atoms with Gasteiger partial charge in [0.25, 0.3) is 5.91 Å². The summed E-state index contributed by atoms with van der Waals surface area (Å²) in [6, 6.07) is 15.6. The lowest BCUT2D eigenvalue weighted by atomic mass is 9.99. The third kappa shape index (κ3) is 5.99. The van der Waals surface area contributed by atoms with Gasteiger partial charge >= 0.3 is 0 Å². The lowest BCUT2D eigenvalue weighted by molar-refractivity contribution is -0.123. The normalized spacial score (nSPS) is 17.1. The predicted molar refractivity (Wildman–Crippen MR) is 110 cm³/mol. The van der Waals surface area contributed by atoms with Crippen LogP contribution in [0.25, 0.3) is 0 Å². The second kappa shape index (κ2) is 10.1. The first-order chi connectivity index (χ1) is 13.6. The van der Waals surface area contributed by atoms with Gasteiger partial charge in [0, 0.05) is 19.6 Å². The van der Waals surface area contributed by atoms with Crippen molar-refractivity contribution in [1.82, 2.24) is 10.2 Å². The van der Waals surface area contributed by atoms with Gasteiger partial charge < -0.3 is 14.8 Å². The van der Waals surface area contributed by atoms with Crippen LogP contribution in [0.2, 0.25) is 0 Å². The Bertz CT molecular complexity index is 761. The standard InChI is InChI=1S/C23H30N2O3/c1-18-6-5-13-25(15-18)16-20-8-4-3-7-19(20)14-24-23(26)17-28-22-11-9-21(27-2)10-12-22/h3-4,7-12,18H,5-6,13-17H2,1-2H3,(H,24,26)/t18-/m0/s1. The summed E-state index contributed by atoms with van der Waals surface area (Å²) in [5.74, 6) is 2.04. The van der Waals surface area contributed by atoms with Crippen LogP contribution in [0.4, 0.5) is 0 Å². The highest BCUT2D eigenvalue weighted by Gasteiger charge is 2.17. The molecule has 0 radical (unpaired) electrons. The lowest BCUT2D eigenvalue weighted by Crippen LogP contribution is -2.34. The fourth-order valence-corrected chi connectivity index (χ4v) is 3.62. The van der Waals surface area contributed by atoms with E-state index in [1.807, 2.05) is 18.2 Å². The Kier molecular flexibility index (Phi) is 7.31. The van der Waals surface area contributed by atoms with Crippen molar-refractivity contribution in [3.63, 3.8) is 0 Å². The molecule has 2 aromatic rings. The number of carbonyl (C=O) groups excluding carboxylic acids is 1. The van der Waals surface area contributed by atoms with Crippen molar-refractivity contribution in [3.05, 3.63) is 59.7 Å². The summed E-state index contributed by atoms with van der Waals surface area (Å²) in [4.78, 5) is 14.7. The predicted octanol–water partition coefficient (Wildman–Crippen LogP) is 3.62. The first kappa shape index (κ1) is 20.2. The number of hydrogen-bond acceptors (Lipinski definition) is 4. The average molecular weight is 383 g/mol. The topological polar surface area (TPSA) is 50.8 Å². The van der Waals surface area contributed by atoms with Gasteiger partial charge in [-0.05, 0) is 60.7 Å². The van der Waals surface area contributed by atoms with Gasteiger partial charge in [0.1, 0.15) is 11.5 Å². The highest BCUT2D eigenvalue weighted by atomic mass is 16.5. The number of benzene rings is 2. The molecule has 0 unspecified atom stereocenters. The number of ether oxygens (including phenoxy) is 2. The SMILES string of the molecule is COc1ccc(OCC(=O)NCc2ccccc2CN2CCC[C@H](C)C2)cc1. The van der Waals surface area contributed by atoms with Gasteiger partial charge in [-0.2, -0.15) is 0 Å². The Hall–Kier alpha value is -2.53. The summed E-state index contributed by atoms with van der Waals surface area (Å²) in [5.41, 5.74) is 2.45. The second-order valence-electron chi connectivity index (χ2n) is 7.49.